The molecule has 0 aliphatic carbocycles. The molecule has 1 fully saturated rings. The van der Waals surface area contributed by atoms with E-state index in [1.165, 1.54) is 23.9 Å². The minimum absolute atomic E-state index is 0.0290. The molecule has 1 N–H and O–H groups in total. The van der Waals surface area contributed by atoms with E-state index in [9.17, 15) is 14.0 Å². The van der Waals surface area contributed by atoms with E-state index in [0.29, 0.717) is 42.6 Å². The topological polar surface area (TPSA) is 69.3 Å². The standard InChI is InChI=1S/C24H29FN4O2S2/c1-4-15(2)13-19-16(3)33-23-21(19)22(31)26-24(27-23)32-14-20(30)29-11-9-28(10-12-29)18-7-5-17(25)6-8-18/h5-8,15H,4,9-14H2,1-3H3,(H,26,27,31). The summed E-state index contributed by atoms with van der Waals surface area (Å²) < 4.78 is 13.1. The summed E-state index contributed by atoms with van der Waals surface area (Å²) in [5.74, 6) is 0.519. The Morgan fingerprint density at radius 1 is 1.24 bits per heavy atom. The monoisotopic (exact) mass is 488 g/mol. The van der Waals surface area contributed by atoms with Crippen molar-refractivity contribution in [2.45, 2.75) is 38.8 Å². The van der Waals surface area contributed by atoms with Crippen molar-refractivity contribution in [2.24, 2.45) is 5.92 Å². The number of fused-ring (bicyclic) bond motifs is 1. The maximum atomic E-state index is 13.1. The highest BCUT2D eigenvalue weighted by molar-refractivity contribution is 7.99. The molecule has 176 valence electrons. The van der Waals surface area contributed by atoms with E-state index in [2.05, 4.69) is 28.7 Å². The number of H-pyrrole nitrogens is 1. The summed E-state index contributed by atoms with van der Waals surface area (Å²) in [5, 5.41) is 1.19. The first-order chi connectivity index (χ1) is 15.9. The van der Waals surface area contributed by atoms with Gasteiger partial charge < -0.3 is 14.8 Å². The van der Waals surface area contributed by atoms with Crippen molar-refractivity contribution in [1.82, 2.24) is 14.9 Å². The van der Waals surface area contributed by atoms with Gasteiger partial charge in [-0.15, -0.1) is 11.3 Å². The number of carbonyl (C=O) groups is 1. The Hall–Kier alpha value is -2.39. The molecule has 0 radical (unpaired) electrons. The molecule has 1 aliphatic heterocycles. The lowest BCUT2D eigenvalue weighted by molar-refractivity contribution is -0.128. The second kappa shape index (κ2) is 10.3. The van der Waals surface area contributed by atoms with Crippen LogP contribution >= 0.6 is 23.1 Å². The smallest absolute Gasteiger partial charge is 0.260 e. The fourth-order valence-corrected chi connectivity index (χ4v) is 5.92. The Morgan fingerprint density at radius 3 is 2.61 bits per heavy atom. The van der Waals surface area contributed by atoms with Crippen LogP contribution in [-0.4, -0.2) is 52.7 Å². The fraction of sp³-hybridized carbons (Fsp3) is 0.458. The average Bonchev–Trinajstić information content (AvgIpc) is 3.13. The van der Waals surface area contributed by atoms with Crippen LogP contribution in [0, 0.1) is 18.7 Å². The maximum Gasteiger partial charge on any atom is 0.260 e. The maximum absolute atomic E-state index is 13.1. The fourth-order valence-electron chi connectivity index (χ4n) is 4.05. The molecule has 1 atom stereocenters. The molecule has 0 spiro atoms. The van der Waals surface area contributed by atoms with Crippen LogP contribution in [0.5, 0.6) is 0 Å². The first-order valence-corrected chi connectivity index (χ1v) is 13.1. The summed E-state index contributed by atoms with van der Waals surface area (Å²) in [7, 11) is 0. The SMILES string of the molecule is CCC(C)Cc1c(C)sc2nc(SCC(=O)N3CCN(c4ccc(F)cc4)CC3)[nH]c(=O)c12. The molecule has 3 aromatic rings. The number of rotatable bonds is 7. The molecule has 3 heterocycles. The number of piperazine rings is 1. The number of anilines is 1. The van der Waals surface area contributed by atoms with Crippen LogP contribution < -0.4 is 10.5 Å². The average molecular weight is 489 g/mol. The summed E-state index contributed by atoms with van der Waals surface area (Å²) in [6, 6.07) is 6.44. The molecular formula is C24H29FN4O2S2. The number of benzene rings is 1. The van der Waals surface area contributed by atoms with Crippen LogP contribution in [0.4, 0.5) is 10.1 Å². The first-order valence-electron chi connectivity index (χ1n) is 11.3. The van der Waals surface area contributed by atoms with Gasteiger partial charge in [0, 0.05) is 36.7 Å². The number of carbonyl (C=O) groups excluding carboxylic acids is 1. The molecule has 0 bridgehead atoms. The molecule has 1 unspecified atom stereocenters. The van der Waals surface area contributed by atoms with Crippen molar-refractivity contribution in [3.8, 4) is 0 Å². The van der Waals surface area contributed by atoms with Gasteiger partial charge in [0.15, 0.2) is 5.16 Å². The van der Waals surface area contributed by atoms with Gasteiger partial charge >= 0.3 is 0 Å². The van der Waals surface area contributed by atoms with E-state index in [1.54, 1.807) is 23.5 Å². The predicted octanol–water partition coefficient (Wildman–Crippen LogP) is 4.46. The van der Waals surface area contributed by atoms with Gasteiger partial charge in [0.05, 0.1) is 11.1 Å². The van der Waals surface area contributed by atoms with E-state index in [0.717, 1.165) is 33.8 Å². The van der Waals surface area contributed by atoms with Gasteiger partial charge in [0.1, 0.15) is 10.6 Å². The number of hydrogen-bond donors (Lipinski definition) is 1. The Labute approximate surface area is 201 Å². The van der Waals surface area contributed by atoms with Crippen LogP contribution in [0.3, 0.4) is 0 Å². The summed E-state index contributed by atoms with van der Waals surface area (Å²) >= 11 is 2.83. The summed E-state index contributed by atoms with van der Waals surface area (Å²) in [6.45, 7) is 9.04. The molecule has 1 aliphatic rings. The zero-order valence-corrected chi connectivity index (χ0v) is 20.8. The highest BCUT2D eigenvalue weighted by Gasteiger charge is 2.22. The van der Waals surface area contributed by atoms with Gasteiger partial charge in [-0.1, -0.05) is 32.0 Å². The molecular weight excluding hydrogens is 459 g/mol. The Morgan fingerprint density at radius 2 is 1.94 bits per heavy atom. The lowest BCUT2D eigenvalue weighted by Crippen LogP contribution is -2.49. The number of halogens is 1. The van der Waals surface area contributed by atoms with Gasteiger partial charge in [-0.25, -0.2) is 9.37 Å². The van der Waals surface area contributed by atoms with Crippen molar-refractivity contribution in [2.75, 3.05) is 36.8 Å². The molecule has 1 amide bonds. The number of aryl methyl sites for hydroxylation is 1. The highest BCUT2D eigenvalue weighted by atomic mass is 32.2. The largest absolute Gasteiger partial charge is 0.368 e. The van der Waals surface area contributed by atoms with Crippen molar-refractivity contribution >= 4 is 44.9 Å². The third-order valence-corrected chi connectivity index (χ3v) is 8.15. The molecule has 4 rings (SSSR count). The number of thioether (sulfide) groups is 1. The Kier molecular flexibility index (Phi) is 7.38. The van der Waals surface area contributed by atoms with E-state index in [4.69, 9.17) is 0 Å². The summed E-state index contributed by atoms with van der Waals surface area (Å²) in [4.78, 5) is 39.0. The lowest BCUT2D eigenvalue weighted by atomic mass is 9.98. The molecule has 0 saturated carbocycles. The normalized spacial score (nSPS) is 15.3. The molecule has 1 saturated heterocycles. The van der Waals surface area contributed by atoms with E-state index >= 15 is 0 Å². The molecule has 6 nitrogen and oxygen atoms in total. The summed E-state index contributed by atoms with van der Waals surface area (Å²) in [5.41, 5.74) is 1.95. The minimum Gasteiger partial charge on any atom is -0.368 e. The van der Waals surface area contributed by atoms with Crippen LogP contribution in [0.15, 0.2) is 34.2 Å². The number of aromatic amines is 1. The second-order valence-corrected chi connectivity index (χ2v) is 10.7. The highest BCUT2D eigenvalue weighted by Crippen LogP contribution is 2.30. The van der Waals surface area contributed by atoms with Crippen LogP contribution in [0.1, 0.15) is 30.7 Å². The minimum atomic E-state index is -0.251. The number of nitrogens with zero attached hydrogens (tertiary/aromatic N) is 3. The van der Waals surface area contributed by atoms with E-state index in [-0.39, 0.29) is 23.0 Å². The number of thiophene rings is 1. The van der Waals surface area contributed by atoms with E-state index < -0.39 is 0 Å². The van der Waals surface area contributed by atoms with Gasteiger partial charge in [-0.3, -0.25) is 9.59 Å². The van der Waals surface area contributed by atoms with Gasteiger partial charge in [-0.2, -0.15) is 0 Å². The van der Waals surface area contributed by atoms with Gasteiger partial charge in [0.2, 0.25) is 5.91 Å². The lowest BCUT2D eigenvalue weighted by Gasteiger charge is -2.36. The van der Waals surface area contributed by atoms with Gasteiger partial charge in [-0.05, 0) is 49.1 Å². The number of amides is 1. The Bertz CT molecular complexity index is 1180. The zero-order chi connectivity index (χ0) is 23.5. The second-order valence-electron chi connectivity index (χ2n) is 8.54. The van der Waals surface area contributed by atoms with Crippen molar-refractivity contribution in [3.05, 3.63) is 50.9 Å². The third kappa shape index (κ3) is 5.41. The van der Waals surface area contributed by atoms with Crippen molar-refractivity contribution < 1.29 is 9.18 Å². The quantitative estimate of drug-likeness (QED) is 0.393. The predicted molar refractivity (Wildman–Crippen MR) is 134 cm³/mol. The number of hydrogen-bond acceptors (Lipinski definition) is 6. The summed E-state index contributed by atoms with van der Waals surface area (Å²) in [6.07, 6.45) is 1.94. The number of aromatic nitrogens is 2. The zero-order valence-electron chi connectivity index (χ0n) is 19.2. The van der Waals surface area contributed by atoms with E-state index in [1.807, 2.05) is 11.8 Å². The third-order valence-electron chi connectivity index (χ3n) is 6.25. The molecule has 2 aromatic heterocycles. The molecule has 33 heavy (non-hydrogen) atoms. The molecule has 1 aromatic carbocycles. The molecule has 9 heteroatoms. The Balaban J connectivity index is 1.37. The van der Waals surface area contributed by atoms with Crippen LogP contribution in [0.2, 0.25) is 0 Å². The van der Waals surface area contributed by atoms with Crippen molar-refractivity contribution in [3.63, 3.8) is 0 Å². The van der Waals surface area contributed by atoms with Crippen molar-refractivity contribution in [1.29, 1.82) is 0 Å². The first kappa shape index (κ1) is 23.8. The van der Waals surface area contributed by atoms with Crippen LogP contribution in [0.25, 0.3) is 10.2 Å². The van der Waals surface area contributed by atoms with Crippen LogP contribution in [-0.2, 0) is 11.2 Å². The number of nitrogens with one attached hydrogen (secondary N) is 1. The van der Waals surface area contributed by atoms with Gasteiger partial charge in [0.25, 0.3) is 5.56 Å².